The van der Waals surface area contributed by atoms with Crippen LogP contribution in [0.5, 0.6) is 0 Å². The van der Waals surface area contributed by atoms with Crippen LogP contribution in [0, 0.1) is 5.92 Å². The lowest BCUT2D eigenvalue weighted by atomic mass is 10.1. The van der Waals surface area contributed by atoms with E-state index in [1.165, 1.54) is 5.69 Å². The molecule has 0 aliphatic heterocycles. The molecule has 1 N–H and O–H groups in total. The van der Waals surface area contributed by atoms with Gasteiger partial charge in [-0.2, -0.15) is 0 Å². The van der Waals surface area contributed by atoms with E-state index >= 15 is 0 Å². The summed E-state index contributed by atoms with van der Waals surface area (Å²) in [5.74, 6) is 1.63. The van der Waals surface area contributed by atoms with Crippen LogP contribution in [0.2, 0.25) is 5.02 Å². The van der Waals surface area contributed by atoms with Gasteiger partial charge in [-0.3, -0.25) is 4.99 Å². The Hall–Kier alpha value is -0.430. The minimum absolute atomic E-state index is 0. The van der Waals surface area contributed by atoms with Crippen molar-refractivity contribution in [3.63, 3.8) is 0 Å². The lowest BCUT2D eigenvalue weighted by molar-refractivity contribution is 0.460. The van der Waals surface area contributed by atoms with Gasteiger partial charge >= 0.3 is 0 Å². The average molecular weight is 427 g/mol. The molecule has 0 aliphatic rings. The fourth-order valence-electron chi connectivity index (χ4n) is 1.94. The van der Waals surface area contributed by atoms with Crippen molar-refractivity contribution in [3.8, 4) is 0 Å². The molecule has 122 valence electrons. The Morgan fingerprint density at radius 1 is 1.48 bits per heavy atom. The van der Waals surface area contributed by atoms with Gasteiger partial charge in [0.15, 0.2) is 5.96 Å². The van der Waals surface area contributed by atoms with Crippen molar-refractivity contribution >= 4 is 41.5 Å². The summed E-state index contributed by atoms with van der Waals surface area (Å²) in [6.45, 7) is 9.05. The molecule has 0 spiro atoms. The van der Waals surface area contributed by atoms with Gasteiger partial charge in [0.05, 0.1) is 11.6 Å². The molecule has 0 amide bonds. The third kappa shape index (κ3) is 7.40. The maximum atomic E-state index is 6.02. The molecule has 0 saturated carbocycles. The highest BCUT2D eigenvalue weighted by atomic mass is 127. The molecular weight excluding hydrogens is 399 g/mol. The van der Waals surface area contributed by atoms with Crippen LogP contribution in [0.15, 0.2) is 17.3 Å². The molecule has 0 aliphatic carbocycles. The third-order valence-electron chi connectivity index (χ3n) is 3.14. The third-order valence-corrected chi connectivity index (χ3v) is 3.34. The van der Waals surface area contributed by atoms with Crippen LogP contribution in [-0.4, -0.2) is 35.6 Å². The standard InChI is InChI=1S/C15H27ClN4.HI/c1-6-17-15(18-8-7-12(2)3)20(5)11-14-9-13(16)10-19(14)4;/h9-10,12H,6-8,11H2,1-5H3,(H,17,18);1H. The number of hydrogen-bond acceptors (Lipinski definition) is 1. The maximum Gasteiger partial charge on any atom is 0.194 e. The number of aryl methyl sites for hydroxylation is 1. The molecule has 21 heavy (non-hydrogen) atoms. The molecule has 0 bridgehead atoms. The minimum atomic E-state index is 0. The fraction of sp³-hybridized carbons (Fsp3) is 0.667. The lowest BCUT2D eigenvalue weighted by Gasteiger charge is -2.22. The average Bonchev–Trinajstić information content (AvgIpc) is 2.66. The van der Waals surface area contributed by atoms with Gasteiger partial charge in [0.2, 0.25) is 0 Å². The van der Waals surface area contributed by atoms with Gasteiger partial charge in [0.25, 0.3) is 0 Å². The van der Waals surface area contributed by atoms with Crippen LogP contribution in [0.1, 0.15) is 32.9 Å². The summed E-state index contributed by atoms with van der Waals surface area (Å²) in [7, 11) is 4.07. The van der Waals surface area contributed by atoms with Crippen LogP contribution < -0.4 is 5.32 Å². The molecule has 1 aromatic heterocycles. The second-order valence-corrected chi connectivity index (χ2v) is 5.97. The van der Waals surface area contributed by atoms with Gasteiger partial charge in [0.1, 0.15) is 0 Å². The zero-order chi connectivity index (χ0) is 15.1. The van der Waals surface area contributed by atoms with Crippen molar-refractivity contribution in [1.82, 2.24) is 14.8 Å². The van der Waals surface area contributed by atoms with Crippen molar-refractivity contribution in [2.45, 2.75) is 33.7 Å². The number of aromatic nitrogens is 1. The fourth-order valence-corrected chi connectivity index (χ4v) is 2.21. The predicted octanol–water partition coefficient (Wildman–Crippen LogP) is 3.74. The summed E-state index contributed by atoms with van der Waals surface area (Å²) in [6, 6.07) is 2.00. The highest BCUT2D eigenvalue weighted by Crippen LogP contribution is 2.14. The first-order valence-corrected chi connectivity index (χ1v) is 7.62. The zero-order valence-electron chi connectivity index (χ0n) is 13.7. The van der Waals surface area contributed by atoms with Gasteiger partial charge in [0, 0.05) is 39.1 Å². The second kappa shape index (κ2) is 10.3. The molecule has 4 nitrogen and oxygen atoms in total. The van der Waals surface area contributed by atoms with Crippen LogP contribution >= 0.6 is 35.6 Å². The second-order valence-electron chi connectivity index (χ2n) is 5.53. The number of nitrogens with one attached hydrogen (secondary N) is 1. The molecule has 1 rings (SSSR count). The topological polar surface area (TPSA) is 32.6 Å². The van der Waals surface area contributed by atoms with Gasteiger partial charge in [-0.05, 0) is 25.3 Å². The Balaban J connectivity index is 0.00000400. The Morgan fingerprint density at radius 2 is 2.14 bits per heavy atom. The Kier molecular flexibility index (Phi) is 10.1. The summed E-state index contributed by atoms with van der Waals surface area (Å²) in [5.41, 5.74) is 1.17. The largest absolute Gasteiger partial charge is 0.357 e. The number of rotatable bonds is 6. The van der Waals surface area contributed by atoms with Crippen molar-refractivity contribution in [2.24, 2.45) is 18.0 Å². The molecule has 1 aromatic rings. The van der Waals surface area contributed by atoms with E-state index in [1.807, 2.05) is 19.3 Å². The summed E-state index contributed by atoms with van der Waals surface area (Å²) >= 11 is 6.02. The molecule has 0 atom stereocenters. The van der Waals surface area contributed by atoms with Gasteiger partial charge in [-0.1, -0.05) is 25.4 Å². The van der Waals surface area contributed by atoms with Crippen LogP contribution in [0.3, 0.4) is 0 Å². The molecule has 1 heterocycles. The number of nitrogens with zero attached hydrogens (tertiary/aromatic N) is 3. The van der Waals surface area contributed by atoms with E-state index in [-0.39, 0.29) is 24.0 Å². The molecule has 6 heteroatoms. The molecule has 0 unspecified atom stereocenters. The van der Waals surface area contributed by atoms with Gasteiger partial charge in [-0.15, -0.1) is 24.0 Å². The van der Waals surface area contributed by atoms with E-state index in [4.69, 9.17) is 11.6 Å². The number of hydrogen-bond donors (Lipinski definition) is 1. The smallest absolute Gasteiger partial charge is 0.194 e. The SMILES string of the molecule is CCNC(=NCCC(C)C)N(C)Cc1cc(Cl)cn1C.I. The summed E-state index contributed by atoms with van der Waals surface area (Å²) in [5, 5.41) is 4.11. The summed E-state index contributed by atoms with van der Waals surface area (Å²) in [6.07, 6.45) is 3.03. The Bertz CT molecular complexity index is 443. The number of aliphatic imine (C=N–C) groups is 1. The van der Waals surface area contributed by atoms with E-state index in [9.17, 15) is 0 Å². The zero-order valence-corrected chi connectivity index (χ0v) is 16.8. The van der Waals surface area contributed by atoms with Crippen molar-refractivity contribution < 1.29 is 0 Å². The Labute approximate surface area is 151 Å². The summed E-state index contributed by atoms with van der Waals surface area (Å²) < 4.78 is 2.05. The van der Waals surface area contributed by atoms with Crippen molar-refractivity contribution in [2.75, 3.05) is 20.1 Å². The minimum Gasteiger partial charge on any atom is -0.357 e. The van der Waals surface area contributed by atoms with Crippen LogP contribution in [-0.2, 0) is 13.6 Å². The predicted molar refractivity (Wildman–Crippen MR) is 103 cm³/mol. The van der Waals surface area contributed by atoms with Crippen LogP contribution in [0.4, 0.5) is 0 Å². The quantitative estimate of drug-likeness (QED) is 0.427. The van der Waals surface area contributed by atoms with Gasteiger partial charge in [-0.25, -0.2) is 0 Å². The van der Waals surface area contributed by atoms with E-state index < -0.39 is 0 Å². The maximum absolute atomic E-state index is 6.02. The first-order chi connectivity index (χ1) is 9.43. The van der Waals surface area contributed by atoms with E-state index in [0.717, 1.165) is 37.0 Å². The molecule has 0 fully saturated rings. The Morgan fingerprint density at radius 3 is 2.62 bits per heavy atom. The highest BCUT2D eigenvalue weighted by molar-refractivity contribution is 14.0. The molecule has 0 aromatic carbocycles. The molecule has 0 saturated heterocycles. The van der Waals surface area contributed by atoms with E-state index in [1.54, 1.807) is 0 Å². The first kappa shape index (κ1) is 20.6. The summed E-state index contributed by atoms with van der Waals surface area (Å²) in [4.78, 5) is 6.81. The van der Waals surface area contributed by atoms with E-state index in [0.29, 0.717) is 5.92 Å². The monoisotopic (exact) mass is 426 g/mol. The first-order valence-electron chi connectivity index (χ1n) is 7.24. The normalized spacial score (nSPS) is 11.5. The van der Waals surface area contributed by atoms with Crippen molar-refractivity contribution in [3.05, 3.63) is 23.0 Å². The number of halogens is 2. The lowest BCUT2D eigenvalue weighted by Crippen LogP contribution is -2.39. The molecule has 0 radical (unpaired) electrons. The molecular formula is C15H28ClIN4. The van der Waals surface area contributed by atoms with Crippen molar-refractivity contribution in [1.29, 1.82) is 0 Å². The highest BCUT2D eigenvalue weighted by Gasteiger charge is 2.09. The van der Waals surface area contributed by atoms with E-state index in [2.05, 4.69) is 47.6 Å². The van der Waals surface area contributed by atoms with Crippen LogP contribution in [0.25, 0.3) is 0 Å². The number of guanidine groups is 1. The van der Waals surface area contributed by atoms with Gasteiger partial charge < -0.3 is 14.8 Å².